The molecule has 2 aromatic heterocycles. The molecule has 1 aliphatic carbocycles. The molecule has 6 heteroatoms. The van der Waals surface area contributed by atoms with Gasteiger partial charge in [0, 0.05) is 28.1 Å². The summed E-state index contributed by atoms with van der Waals surface area (Å²) >= 11 is 6.41. The molecule has 0 bridgehead atoms. The predicted octanol–water partition coefficient (Wildman–Crippen LogP) is 5.41. The van der Waals surface area contributed by atoms with Crippen molar-refractivity contribution in [3.8, 4) is 11.3 Å². The molecule has 3 aromatic rings. The lowest BCUT2D eigenvalue weighted by atomic mass is 9.93. The molecular weight excluding hydrogens is 384 g/mol. The molecule has 0 spiro atoms. The fourth-order valence-corrected chi connectivity index (χ4v) is 4.05. The van der Waals surface area contributed by atoms with Crippen LogP contribution in [-0.4, -0.2) is 26.5 Å². The van der Waals surface area contributed by atoms with Crippen LogP contribution in [0, 0.1) is 0 Å². The molecule has 1 fully saturated rings. The first-order valence-electron chi connectivity index (χ1n) is 10.3. The first kappa shape index (κ1) is 19.9. The number of benzene rings is 1. The zero-order valence-corrected chi connectivity index (χ0v) is 18.0. The minimum absolute atomic E-state index is 0.110. The van der Waals surface area contributed by atoms with Crippen LogP contribution in [0.15, 0.2) is 36.4 Å². The molecule has 1 amide bonds. The van der Waals surface area contributed by atoms with Crippen LogP contribution in [0.3, 0.4) is 0 Å². The largest absolute Gasteiger partial charge is 0.348 e. The first-order chi connectivity index (χ1) is 13.8. The van der Waals surface area contributed by atoms with Crippen molar-refractivity contribution in [2.75, 3.05) is 0 Å². The van der Waals surface area contributed by atoms with E-state index in [0.717, 1.165) is 36.9 Å². The molecule has 0 saturated heterocycles. The highest BCUT2D eigenvalue weighted by atomic mass is 35.5. The number of fused-ring (bicyclic) bond motifs is 1. The zero-order chi connectivity index (χ0) is 20.6. The second-order valence-electron chi connectivity index (χ2n) is 8.86. The molecule has 152 valence electrons. The van der Waals surface area contributed by atoms with Crippen molar-refractivity contribution < 1.29 is 4.79 Å². The fraction of sp³-hybridized carbons (Fsp3) is 0.435. The zero-order valence-electron chi connectivity index (χ0n) is 17.2. The maximum Gasteiger partial charge on any atom is 0.270 e. The van der Waals surface area contributed by atoms with Gasteiger partial charge in [0.2, 0.25) is 0 Å². The van der Waals surface area contributed by atoms with Gasteiger partial charge in [-0.3, -0.25) is 4.79 Å². The van der Waals surface area contributed by atoms with E-state index in [2.05, 4.69) is 26.1 Å². The van der Waals surface area contributed by atoms with Crippen LogP contribution in [0.2, 0.25) is 5.02 Å². The van der Waals surface area contributed by atoms with Gasteiger partial charge in [0.05, 0.1) is 11.4 Å². The van der Waals surface area contributed by atoms with Crippen LogP contribution in [0.5, 0.6) is 0 Å². The second kappa shape index (κ2) is 7.79. The van der Waals surface area contributed by atoms with Crippen molar-refractivity contribution in [1.29, 1.82) is 0 Å². The standard InChI is InChI=1S/C23H27ClN4O/c1-23(2,3)20-14-21-26-18(16-11-7-8-12-17(16)24)13-19(28(21)27-20)22(29)25-15-9-5-4-6-10-15/h7-8,11-15H,4-6,9-10H2,1-3H3,(H,25,29). The van der Waals surface area contributed by atoms with Gasteiger partial charge in [0.25, 0.3) is 5.91 Å². The molecule has 4 rings (SSSR count). The highest BCUT2D eigenvalue weighted by molar-refractivity contribution is 6.33. The lowest BCUT2D eigenvalue weighted by Gasteiger charge is -2.23. The molecule has 1 aromatic carbocycles. The van der Waals surface area contributed by atoms with Crippen LogP contribution < -0.4 is 5.32 Å². The molecular formula is C23H27ClN4O. The number of hydrogen-bond donors (Lipinski definition) is 1. The van der Waals surface area contributed by atoms with Crippen LogP contribution in [0.4, 0.5) is 0 Å². The van der Waals surface area contributed by atoms with Gasteiger partial charge >= 0.3 is 0 Å². The summed E-state index contributed by atoms with van der Waals surface area (Å²) in [6.45, 7) is 6.31. The summed E-state index contributed by atoms with van der Waals surface area (Å²) in [4.78, 5) is 18.0. The average Bonchev–Trinajstić information content (AvgIpc) is 3.13. The van der Waals surface area contributed by atoms with Crippen molar-refractivity contribution in [2.24, 2.45) is 0 Å². The van der Waals surface area contributed by atoms with Gasteiger partial charge in [0.15, 0.2) is 5.65 Å². The van der Waals surface area contributed by atoms with Crippen LogP contribution in [-0.2, 0) is 5.41 Å². The summed E-state index contributed by atoms with van der Waals surface area (Å²) < 4.78 is 1.67. The molecule has 1 N–H and O–H groups in total. The summed E-state index contributed by atoms with van der Waals surface area (Å²) in [5.41, 5.74) is 3.38. The number of carbonyl (C=O) groups is 1. The van der Waals surface area contributed by atoms with E-state index in [0.29, 0.717) is 22.1 Å². The smallest absolute Gasteiger partial charge is 0.270 e. The first-order valence-corrected chi connectivity index (χ1v) is 10.7. The highest BCUT2D eigenvalue weighted by Gasteiger charge is 2.24. The van der Waals surface area contributed by atoms with Crippen molar-refractivity contribution in [2.45, 2.75) is 64.3 Å². The molecule has 2 heterocycles. The lowest BCUT2D eigenvalue weighted by Crippen LogP contribution is -2.37. The van der Waals surface area contributed by atoms with E-state index < -0.39 is 0 Å². The van der Waals surface area contributed by atoms with Crippen molar-refractivity contribution in [1.82, 2.24) is 19.9 Å². The Hall–Kier alpha value is -2.40. The molecule has 29 heavy (non-hydrogen) atoms. The number of rotatable bonds is 3. The lowest BCUT2D eigenvalue weighted by molar-refractivity contribution is 0.0920. The quantitative estimate of drug-likeness (QED) is 0.628. The van der Waals surface area contributed by atoms with E-state index in [9.17, 15) is 4.79 Å². The number of carbonyl (C=O) groups excluding carboxylic acids is 1. The third-order valence-electron chi connectivity index (χ3n) is 5.52. The molecule has 1 aliphatic rings. The Morgan fingerprint density at radius 2 is 1.86 bits per heavy atom. The summed E-state index contributed by atoms with van der Waals surface area (Å²) in [6, 6.07) is 11.5. The molecule has 0 atom stereocenters. The Morgan fingerprint density at radius 1 is 1.14 bits per heavy atom. The van der Waals surface area contributed by atoms with Crippen molar-refractivity contribution >= 4 is 23.2 Å². The van der Waals surface area contributed by atoms with Gasteiger partial charge in [-0.05, 0) is 25.0 Å². The number of halogens is 1. The number of aromatic nitrogens is 3. The molecule has 0 radical (unpaired) electrons. The third-order valence-corrected chi connectivity index (χ3v) is 5.85. The monoisotopic (exact) mass is 410 g/mol. The van der Waals surface area contributed by atoms with Gasteiger partial charge in [0.1, 0.15) is 5.69 Å². The van der Waals surface area contributed by atoms with Gasteiger partial charge < -0.3 is 5.32 Å². The average molecular weight is 411 g/mol. The van der Waals surface area contributed by atoms with E-state index in [1.807, 2.05) is 30.3 Å². The van der Waals surface area contributed by atoms with E-state index >= 15 is 0 Å². The molecule has 0 aliphatic heterocycles. The topological polar surface area (TPSA) is 59.3 Å². The number of nitrogens with zero attached hydrogens (tertiary/aromatic N) is 3. The summed E-state index contributed by atoms with van der Waals surface area (Å²) in [5, 5.41) is 8.53. The van der Waals surface area contributed by atoms with E-state index in [4.69, 9.17) is 21.7 Å². The Labute approximate surface area is 176 Å². The van der Waals surface area contributed by atoms with Crippen LogP contribution >= 0.6 is 11.6 Å². The number of hydrogen-bond acceptors (Lipinski definition) is 3. The molecule has 5 nitrogen and oxygen atoms in total. The van der Waals surface area contributed by atoms with Crippen LogP contribution in [0.1, 0.15) is 69.1 Å². The van der Waals surface area contributed by atoms with E-state index in [-0.39, 0.29) is 17.4 Å². The minimum atomic E-state index is -0.143. The van der Waals surface area contributed by atoms with E-state index in [1.54, 1.807) is 10.6 Å². The Balaban J connectivity index is 1.82. The third kappa shape index (κ3) is 4.15. The van der Waals surface area contributed by atoms with Gasteiger partial charge in [-0.15, -0.1) is 0 Å². The second-order valence-corrected chi connectivity index (χ2v) is 9.27. The van der Waals surface area contributed by atoms with Gasteiger partial charge in [-0.1, -0.05) is 69.8 Å². The Bertz CT molecular complexity index is 1040. The normalized spacial score (nSPS) is 15.6. The fourth-order valence-electron chi connectivity index (χ4n) is 3.82. The summed E-state index contributed by atoms with van der Waals surface area (Å²) in [7, 11) is 0. The number of amides is 1. The van der Waals surface area contributed by atoms with Crippen molar-refractivity contribution in [3.05, 3.63) is 52.8 Å². The van der Waals surface area contributed by atoms with Gasteiger partial charge in [-0.25, -0.2) is 9.50 Å². The summed E-state index contributed by atoms with van der Waals surface area (Å²) in [5.74, 6) is -0.110. The van der Waals surface area contributed by atoms with Crippen molar-refractivity contribution in [3.63, 3.8) is 0 Å². The molecule has 0 unspecified atom stereocenters. The van der Waals surface area contributed by atoms with Gasteiger partial charge in [-0.2, -0.15) is 5.10 Å². The summed E-state index contributed by atoms with van der Waals surface area (Å²) in [6.07, 6.45) is 5.64. The maximum atomic E-state index is 13.2. The highest BCUT2D eigenvalue weighted by Crippen LogP contribution is 2.29. The Kier molecular flexibility index (Phi) is 5.34. The predicted molar refractivity (Wildman–Crippen MR) is 116 cm³/mol. The Morgan fingerprint density at radius 3 is 2.55 bits per heavy atom. The SMILES string of the molecule is CC(C)(C)c1cc2nc(-c3ccccc3Cl)cc(C(=O)NC3CCCCC3)n2n1. The number of nitrogens with one attached hydrogen (secondary N) is 1. The maximum absolute atomic E-state index is 13.2. The van der Waals surface area contributed by atoms with E-state index in [1.165, 1.54) is 6.42 Å². The van der Waals surface area contributed by atoms with Crippen LogP contribution in [0.25, 0.3) is 16.9 Å². The molecule has 1 saturated carbocycles. The minimum Gasteiger partial charge on any atom is -0.348 e.